The fourth-order valence-electron chi connectivity index (χ4n) is 2.81. The fraction of sp³-hybridized carbons (Fsp3) is 0.769. The smallest absolute Gasteiger partial charge is 0.150 e. The van der Waals surface area contributed by atoms with Crippen LogP contribution >= 0.6 is 11.6 Å². The molecular formula is C13H22ClN3O2S. The van der Waals surface area contributed by atoms with Gasteiger partial charge in [0.05, 0.1) is 34.5 Å². The van der Waals surface area contributed by atoms with E-state index in [1.165, 1.54) is 0 Å². The van der Waals surface area contributed by atoms with Gasteiger partial charge in [-0.1, -0.05) is 18.5 Å². The zero-order valence-electron chi connectivity index (χ0n) is 12.0. The van der Waals surface area contributed by atoms with E-state index in [0.29, 0.717) is 11.4 Å². The Morgan fingerprint density at radius 1 is 1.55 bits per heavy atom. The molecule has 20 heavy (non-hydrogen) atoms. The van der Waals surface area contributed by atoms with Crippen LogP contribution in [0, 0.1) is 5.92 Å². The number of rotatable bonds is 6. The number of sulfone groups is 1. The largest absolute Gasteiger partial charge is 0.308 e. The Morgan fingerprint density at radius 2 is 2.30 bits per heavy atom. The molecule has 0 bridgehead atoms. The average Bonchev–Trinajstić information content (AvgIpc) is 2.94. The second kappa shape index (κ2) is 6.45. The molecule has 2 rings (SSSR count). The van der Waals surface area contributed by atoms with Gasteiger partial charge < -0.3 is 5.32 Å². The highest BCUT2D eigenvalue weighted by Gasteiger charge is 2.36. The van der Waals surface area contributed by atoms with Crippen LogP contribution < -0.4 is 5.32 Å². The Kier molecular flexibility index (Phi) is 5.09. The predicted octanol–water partition coefficient (Wildman–Crippen LogP) is 2.03. The van der Waals surface area contributed by atoms with Crippen molar-refractivity contribution in [2.75, 3.05) is 18.1 Å². The maximum absolute atomic E-state index is 11.7. The van der Waals surface area contributed by atoms with Gasteiger partial charge in [-0.15, -0.1) is 0 Å². The highest BCUT2D eigenvalue weighted by molar-refractivity contribution is 7.91. The van der Waals surface area contributed by atoms with Gasteiger partial charge in [0.2, 0.25) is 0 Å². The van der Waals surface area contributed by atoms with Crippen LogP contribution in [0.25, 0.3) is 0 Å². The summed E-state index contributed by atoms with van der Waals surface area (Å²) in [7, 11) is -2.90. The lowest BCUT2D eigenvalue weighted by molar-refractivity contribution is 0.368. The van der Waals surface area contributed by atoms with Crippen LogP contribution in [0.15, 0.2) is 6.20 Å². The number of aromatic nitrogens is 2. The number of halogens is 1. The molecular weight excluding hydrogens is 298 g/mol. The van der Waals surface area contributed by atoms with E-state index in [-0.39, 0.29) is 23.5 Å². The standard InChI is InChI=1S/C13H22ClN3O2S/c1-3-6-15-12(10-5-7-20(18,19)9-10)13-11(14)8-16-17(13)4-2/h8,10,12,15H,3-7,9H2,1-2H3. The Balaban J connectivity index is 2.30. The van der Waals surface area contributed by atoms with Gasteiger partial charge in [-0.3, -0.25) is 4.68 Å². The first kappa shape index (κ1) is 15.8. The summed E-state index contributed by atoms with van der Waals surface area (Å²) in [5, 5.41) is 8.34. The molecule has 0 spiro atoms. The summed E-state index contributed by atoms with van der Waals surface area (Å²) in [5.41, 5.74) is 0.921. The average molecular weight is 320 g/mol. The minimum Gasteiger partial charge on any atom is -0.308 e. The third kappa shape index (κ3) is 3.35. The molecule has 0 aromatic carbocycles. The SMILES string of the molecule is CCCNC(c1c(Cl)cnn1CC)C1CCS(=O)(=O)C1. The van der Waals surface area contributed by atoms with Gasteiger partial charge in [0.15, 0.2) is 9.84 Å². The van der Waals surface area contributed by atoms with Crippen LogP contribution in [-0.2, 0) is 16.4 Å². The van der Waals surface area contributed by atoms with Crippen LogP contribution in [0.4, 0.5) is 0 Å². The highest BCUT2D eigenvalue weighted by Crippen LogP contribution is 2.34. The molecule has 1 aromatic heterocycles. The molecule has 1 fully saturated rings. The predicted molar refractivity (Wildman–Crippen MR) is 80.7 cm³/mol. The molecule has 5 nitrogen and oxygen atoms in total. The van der Waals surface area contributed by atoms with Crippen LogP contribution in [-0.4, -0.2) is 36.2 Å². The molecule has 0 radical (unpaired) electrons. The molecule has 1 aliphatic heterocycles. The molecule has 1 N–H and O–H groups in total. The second-order valence-corrected chi connectivity index (χ2v) is 7.92. The Labute approximate surface area is 125 Å². The third-order valence-electron chi connectivity index (χ3n) is 3.78. The first-order chi connectivity index (χ1) is 9.48. The van der Waals surface area contributed by atoms with Crippen molar-refractivity contribution in [2.24, 2.45) is 5.92 Å². The van der Waals surface area contributed by atoms with E-state index in [2.05, 4.69) is 17.3 Å². The normalized spacial score (nSPS) is 23.1. The lowest BCUT2D eigenvalue weighted by Gasteiger charge is -2.25. The molecule has 1 saturated heterocycles. The monoisotopic (exact) mass is 319 g/mol. The topological polar surface area (TPSA) is 64.0 Å². The van der Waals surface area contributed by atoms with E-state index in [0.717, 1.165) is 25.2 Å². The Morgan fingerprint density at radius 3 is 2.85 bits per heavy atom. The van der Waals surface area contributed by atoms with Gasteiger partial charge in [0.25, 0.3) is 0 Å². The molecule has 2 heterocycles. The quantitative estimate of drug-likeness (QED) is 0.871. The van der Waals surface area contributed by atoms with E-state index in [1.54, 1.807) is 6.20 Å². The minimum atomic E-state index is -2.90. The van der Waals surface area contributed by atoms with Crippen molar-refractivity contribution in [1.29, 1.82) is 0 Å². The molecule has 114 valence electrons. The summed E-state index contributed by atoms with van der Waals surface area (Å²) in [4.78, 5) is 0. The zero-order valence-corrected chi connectivity index (χ0v) is 13.5. The number of nitrogens with zero attached hydrogens (tertiary/aromatic N) is 2. The Hall–Kier alpha value is -0.590. The summed E-state index contributed by atoms with van der Waals surface area (Å²) in [6, 6.07) is -0.0397. The second-order valence-electron chi connectivity index (χ2n) is 5.29. The number of hydrogen-bond acceptors (Lipinski definition) is 4. The minimum absolute atomic E-state index is 0.0397. The number of aryl methyl sites for hydroxylation is 1. The van der Waals surface area contributed by atoms with Crippen molar-refractivity contribution in [2.45, 2.75) is 39.3 Å². The maximum atomic E-state index is 11.7. The lowest BCUT2D eigenvalue weighted by Crippen LogP contribution is -2.32. The summed E-state index contributed by atoms with van der Waals surface area (Å²) < 4.78 is 25.4. The van der Waals surface area contributed by atoms with Crippen molar-refractivity contribution in [3.8, 4) is 0 Å². The van der Waals surface area contributed by atoms with Crippen LogP contribution in [0.3, 0.4) is 0 Å². The van der Waals surface area contributed by atoms with Gasteiger partial charge in [0, 0.05) is 6.54 Å². The molecule has 1 aromatic rings. The van der Waals surface area contributed by atoms with Crippen LogP contribution in [0.1, 0.15) is 38.4 Å². The van der Waals surface area contributed by atoms with Crippen LogP contribution in [0.5, 0.6) is 0 Å². The summed E-state index contributed by atoms with van der Waals surface area (Å²) in [6.45, 7) is 5.67. The van der Waals surface area contributed by atoms with Crippen LogP contribution in [0.2, 0.25) is 5.02 Å². The van der Waals surface area contributed by atoms with Crippen molar-refractivity contribution >= 4 is 21.4 Å². The lowest BCUT2D eigenvalue weighted by atomic mass is 9.96. The molecule has 2 unspecified atom stereocenters. The summed E-state index contributed by atoms with van der Waals surface area (Å²) >= 11 is 6.27. The van der Waals surface area contributed by atoms with Gasteiger partial charge in [-0.2, -0.15) is 5.10 Å². The maximum Gasteiger partial charge on any atom is 0.150 e. The van der Waals surface area contributed by atoms with Crippen molar-refractivity contribution in [3.63, 3.8) is 0 Å². The molecule has 1 aliphatic rings. The molecule has 2 atom stereocenters. The van der Waals surface area contributed by atoms with E-state index in [9.17, 15) is 8.42 Å². The van der Waals surface area contributed by atoms with Gasteiger partial charge in [-0.05, 0) is 32.2 Å². The van der Waals surface area contributed by atoms with Crippen molar-refractivity contribution in [3.05, 3.63) is 16.9 Å². The summed E-state index contributed by atoms with van der Waals surface area (Å²) in [6.07, 6.45) is 3.33. The third-order valence-corrected chi connectivity index (χ3v) is 5.87. The number of nitrogens with one attached hydrogen (secondary N) is 1. The van der Waals surface area contributed by atoms with Gasteiger partial charge >= 0.3 is 0 Å². The molecule has 0 saturated carbocycles. The molecule has 7 heteroatoms. The molecule has 0 amide bonds. The first-order valence-electron chi connectivity index (χ1n) is 7.13. The molecule has 0 aliphatic carbocycles. The zero-order chi connectivity index (χ0) is 14.8. The number of hydrogen-bond donors (Lipinski definition) is 1. The Bertz CT molecular complexity index is 556. The van der Waals surface area contributed by atoms with E-state index < -0.39 is 9.84 Å². The summed E-state index contributed by atoms with van der Waals surface area (Å²) in [5.74, 6) is 0.588. The van der Waals surface area contributed by atoms with Gasteiger partial charge in [0.1, 0.15) is 0 Å². The van der Waals surface area contributed by atoms with Crippen molar-refractivity contribution in [1.82, 2.24) is 15.1 Å². The first-order valence-corrected chi connectivity index (χ1v) is 9.33. The van der Waals surface area contributed by atoms with E-state index in [4.69, 9.17) is 11.6 Å². The fourth-order valence-corrected chi connectivity index (χ4v) is 4.90. The van der Waals surface area contributed by atoms with Gasteiger partial charge in [-0.25, -0.2) is 8.42 Å². The van der Waals surface area contributed by atoms with E-state index >= 15 is 0 Å². The van der Waals surface area contributed by atoms with Crippen molar-refractivity contribution < 1.29 is 8.42 Å². The highest BCUT2D eigenvalue weighted by atomic mass is 35.5. The van der Waals surface area contributed by atoms with E-state index in [1.807, 2.05) is 11.6 Å².